The summed E-state index contributed by atoms with van der Waals surface area (Å²) in [5.74, 6) is 1.47. The number of nitrogens with two attached hydrogens (primary N) is 1. The molecule has 0 atom stereocenters. The fraction of sp³-hybridized carbons (Fsp3) is 0.0833. The molecular weight excluding hydrogens is 230 g/mol. The molecule has 2 aromatic heterocycles. The van der Waals surface area contributed by atoms with Crippen molar-refractivity contribution >= 4 is 16.9 Å². The first-order valence-electron chi connectivity index (χ1n) is 5.42. The van der Waals surface area contributed by atoms with Crippen molar-refractivity contribution in [3.05, 3.63) is 36.7 Å². The lowest BCUT2D eigenvalue weighted by Crippen LogP contribution is -1.95. The number of benzene rings is 1. The quantitative estimate of drug-likeness (QED) is 0.739. The highest BCUT2D eigenvalue weighted by Crippen LogP contribution is 2.30. The zero-order valence-corrected chi connectivity index (χ0v) is 9.74. The van der Waals surface area contributed by atoms with Gasteiger partial charge in [-0.05, 0) is 12.1 Å². The maximum atomic E-state index is 5.84. The number of aryl methyl sites for hydroxylation is 1. The SMILES string of the molecule is Cn1nc(Oc2ccccc2)c2c(N)ncnc21. The molecule has 0 amide bonds. The van der Waals surface area contributed by atoms with Crippen molar-refractivity contribution in [2.75, 3.05) is 5.73 Å². The van der Waals surface area contributed by atoms with E-state index in [1.807, 2.05) is 30.3 Å². The van der Waals surface area contributed by atoms with Crippen molar-refractivity contribution in [2.24, 2.45) is 7.05 Å². The molecule has 6 nitrogen and oxygen atoms in total. The molecule has 0 radical (unpaired) electrons. The molecule has 0 aliphatic rings. The molecule has 0 unspecified atom stereocenters. The van der Waals surface area contributed by atoms with E-state index in [2.05, 4.69) is 15.1 Å². The second-order valence-electron chi connectivity index (χ2n) is 3.80. The molecule has 18 heavy (non-hydrogen) atoms. The minimum Gasteiger partial charge on any atom is -0.437 e. The van der Waals surface area contributed by atoms with Crippen molar-refractivity contribution in [3.8, 4) is 11.6 Å². The molecule has 2 heterocycles. The summed E-state index contributed by atoms with van der Waals surface area (Å²) in [7, 11) is 1.78. The number of aromatic nitrogens is 4. The standard InChI is InChI=1S/C12H11N5O/c1-17-11-9(10(13)14-7-15-11)12(16-17)18-8-5-3-2-4-6-8/h2-7H,1H3,(H2,13,14,15). The summed E-state index contributed by atoms with van der Waals surface area (Å²) in [6, 6.07) is 9.39. The van der Waals surface area contributed by atoms with Gasteiger partial charge >= 0.3 is 0 Å². The van der Waals surface area contributed by atoms with E-state index in [4.69, 9.17) is 10.5 Å². The van der Waals surface area contributed by atoms with E-state index in [1.54, 1.807) is 11.7 Å². The number of fused-ring (bicyclic) bond motifs is 1. The van der Waals surface area contributed by atoms with Gasteiger partial charge in [-0.2, -0.15) is 0 Å². The van der Waals surface area contributed by atoms with Crippen LogP contribution in [0.25, 0.3) is 11.0 Å². The van der Waals surface area contributed by atoms with E-state index < -0.39 is 0 Å². The summed E-state index contributed by atoms with van der Waals surface area (Å²) in [5.41, 5.74) is 6.49. The Morgan fingerprint density at radius 1 is 1.17 bits per heavy atom. The van der Waals surface area contributed by atoms with Gasteiger partial charge in [0.25, 0.3) is 5.88 Å². The predicted molar refractivity (Wildman–Crippen MR) is 67.2 cm³/mol. The first-order chi connectivity index (χ1) is 8.75. The van der Waals surface area contributed by atoms with Gasteiger partial charge < -0.3 is 10.5 Å². The lowest BCUT2D eigenvalue weighted by Gasteiger charge is -2.02. The fourth-order valence-corrected chi connectivity index (χ4v) is 1.75. The minimum absolute atomic E-state index is 0.360. The lowest BCUT2D eigenvalue weighted by molar-refractivity contribution is 0.458. The van der Waals surface area contributed by atoms with E-state index in [0.717, 1.165) is 0 Å². The van der Waals surface area contributed by atoms with Gasteiger partial charge in [0.1, 0.15) is 23.3 Å². The summed E-state index contributed by atoms with van der Waals surface area (Å²) >= 11 is 0. The van der Waals surface area contributed by atoms with Crippen LogP contribution in [0.1, 0.15) is 0 Å². The lowest BCUT2D eigenvalue weighted by atomic mass is 10.3. The number of nitrogen functional groups attached to an aromatic ring is 1. The second-order valence-corrected chi connectivity index (χ2v) is 3.80. The van der Waals surface area contributed by atoms with Gasteiger partial charge in [0, 0.05) is 7.05 Å². The second kappa shape index (κ2) is 3.99. The summed E-state index contributed by atoms with van der Waals surface area (Å²) in [6.07, 6.45) is 1.41. The average Bonchev–Trinajstić information content (AvgIpc) is 2.69. The molecule has 3 aromatic rings. The van der Waals surface area contributed by atoms with Gasteiger partial charge in [0.15, 0.2) is 5.65 Å². The van der Waals surface area contributed by atoms with Crippen LogP contribution in [-0.4, -0.2) is 19.7 Å². The molecule has 6 heteroatoms. The Balaban J connectivity index is 2.13. The van der Waals surface area contributed by atoms with Crippen LogP contribution in [0, 0.1) is 0 Å². The van der Waals surface area contributed by atoms with Crippen molar-refractivity contribution in [1.82, 2.24) is 19.7 Å². The molecule has 0 saturated carbocycles. The number of anilines is 1. The number of ether oxygens (including phenoxy) is 1. The third-order valence-corrected chi connectivity index (χ3v) is 2.58. The van der Waals surface area contributed by atoms with Crippen molar-refractivity contribution in [1.29, 1.82) is 0 Å². The van der Waals surface area contributed by atoms with Crippen LogP contribution in [0.4, 0.5) is 5.82 Å². The van der Waals surface area contributed by atoms with Crippen molar-refractivity contribution < 1.29 is 4.74 Å². The number of hydrogen-bond acceptors (Lipinski definition) is 5. The highest BCUT2D eigenvalue weighted by molar-refractivity contribution is 5.90. The maximum absolute atomic E-state index is 5.84. The maximum Gasteiger partial charge on any atom is 0.251 e. The van der Waals surface area contributed by atoms with Gasteiger partial charge in [-0.3, -0.25) is 0 Å². The van der Waals surface area contributed by atoms with Gasteiger partial charge in [0.05, 0.1) is 0 Å². The van der Waals surface area contributed by atoms with Crippen molar-refractivity contribution in [3.63, 3.8) is 0 Å². The molecule has 0 fully saturated rings. The highest BCUT2D eigenvalue weighted by Gasteiger charge is 2.15. The largest absolute Gasteiger partial charge is 0.437 e. The van der Waals surface area contributed by atoms with E-state index in [-0.39, 0.29) is 0 Å². The summed E-state index contributed by atoms with van der Waals surface area (Å²) in [6.45, 7) is 0. The average molecular weight is 241 g/mol. The van der Waals surface area contributed by atoms with Crippen LogP contribution in [0.5, 0.6) is 11.6 Å². The smallest absolute Gasteiger partial charge is 0.251 e. The van der Waals surface area contributed by atoms with E-state index in [0.29, 0.717) is 28.5 Å². The highest BCUT2D eigenvalue weighted by atomic mass is 16.5. The third-order valence-electron chi connectivity index (χ3n) is 2.58. The van der Waals surface area contributed by atoms with Crippen LogP contribution in [0.2, 0.25) is 0 Å². The Morgan fingerprint density at radius 2 is 1.94 bits per heavy atom. The van der Waals surface area contributed by atoms with Crippen LogP contribution in [-0.2, 0) is 7.05 Å². The Kier molecular flexibility index (Phi) is 2.33. The normalized spacial score (nSPS) is 10.7. The van der Waals surface area contributed by atoms with Crippen LogP contribution >= 0.6 is 0 Å². The van der Waals surface area contributed by atoms with E-state index in [1.165, 1.54) is 6.33 Å². The van der Waals surface area contributed by atoms with Gasteiger partial charge in [-0.1, -0.05) is 18.2 Å². The zero-order valence-electron chi connectivity index (χ0n) is 9.74. The number of para-hydroxylation sites is 1. The van der Waals surface area contributed by atoms with Gasteiger partial charge in [0.2, 0.25) is 0 Å². The fourth-order valence-electron chi connectivity index (χ4n) is 1.75. The Morgan fingerprint density at radius 3 is 2.72 bits per heavy atom. The van der Waals surface area contributed by atoms with E-state index >= 15 is 0 Å². The van der Waals surface area contributed by atoms with Crippen LogP contribution in [0.15, 0.2) is 36.7 Å². The molecule has 0 saturated heterocycles. The zero-order chi connectivity index (χ0) is 12.5. The molecule has 0 spiro atoms. The van der Waals surface area contributed by atoms with Gasteiger partial charge in [-0.25, -0.2) is 14.6 Å². The molecule has 1 aromatic carbocycles. The number of hydrogen-bond donors (Lipinski definition) is 1. The molecule has 0 aliphatic carbocycles. The van der Waals surface area contributed by atoms with Crippen molar-refractivity contribution in [2.45, 2.75) is 0 Å². The molecular formula is C12H11N5O. The van der Waals surface area contributed by atoms with E-state index in [9.17, 15) is 0 Å². The number of nitrogens with zero attached hydrogens (tertiary/aromatic N) is 4. The van der Waals surface area contributed by atoms with Gasteiger partial charge in [-0.15, -0.1) is 5.10 Å². The Hall–Kier alpha value is -2.63. The molecule has 90 valence electrons. The topological polar surface area (TPSA) is 78.9 Å². The Labute approximate surface area is 103 Å². The Bertz CT molecular complexity index is 692. The molecule has 0 aliphatic heterocycles. The summed E-state index contributed by atoms with van der Waals surface area (Å²) < 4.78 is 7.32. The molecule has 2 N–H and O–H groups in total. The first-order valence-corrected chi connectivity index (χ1v) is 5.42. The third kappa shape index (κ3) is 1.64. The monoisotopic (exact) mass is 241 g/mol. The summed E-state index contributed by atoms with van der Waals surface area (Å²) in [5, 5.41) is 4.89. The summed E-state index contributed by atoms with van der Waals surface area (Å²) in [4.78, 5) is 8.09. The number of rotatable bonds is 2. The molecule has 0 bridgehead atoms. The first kappa shape index (κ1) is 10.5. The van der Waals surface area contributed by atoms with Crippen LogP contribution in [0.3, 0.4) is 0 Å². The predicted octanol–water partition coefficient (Wildman–Crippen LogP) is 1.74. The minimum atomic E-state index is 0.360. The molecule has 3 rings (SSSR count). The van der Waals surface area contributed by atoms with Crippen LogP contribution < -0.4 is 10.5 Å².